The van der Waals surface area contributed by atoms with Gasteiger partial charge in [0.25, 0.3) is 0 Å². The van der Waals surface area contributed by atoms with Crippen LogP contribution in [0, 0.1) is 19.8 Å². The van der Waals surface area contributed by atoms with Crippen molar-refractivity contribution in [1.82, 2.24) is 0 Å². The second-order valence-electron chi connectivity index (χ2n) is 5.96. The Morgan fingerprint density at radius 2 is 1.89 bits per heavy atom. The lowest BCUT2D eigenvalue weighted by atomic mass is 9.85. The monoisotopic (exact) mass is 254 g/mol. The predicted octanol–water partition coefficient (Wildman–Crippen LogP) is 5.54. The predicted molar refractivity (Wildman–Crippen MR) is 84.5 cm³/mol. The summed E-state index contributed by atoms with van der Waals surface area (Å²) in [5, 5.41) is 0. The van der Waals surface area contributed by atoms with Crippen molar-refractivity contribution in [3.63, 3.8) is 0 Å². The molecule has 1 aromatic rings. The maximum atomic E-state index is 2.36. The Bertz CT molecular complexity index is 503. The molecule has 0 heterocycles. The molecule has 1 atom stereocenters. The summed E-state index contributed by atoms with van der Waals surface area (Å²) in [4.78, 5) is 0. The first-order valence-corrected chi connectivity index (χ1v) is 7.54. The van der Waals surface area contributed by atoms with Gasteiger partial charge in [-0.05, 0) is 56.6 Å². The molecular formula is C19H26. The Hall–Kier alpha value is -1.30. The molecule has 102 valence electrons. The molecule has 0 aromatic heterocycles. The van der Waals surface area contributed by atoms with Gasteiger partial charge < -0.3 is 0 Å². The summed E-state index contributed by atoms with van der Waals surface area (Å²) in [5.41, 5.74) is 7.53. The van der Waals surface area contributed by atoms with E-state index in [9.17, 15) is 0 Å². The summed E-state index contributed by atoms with van der Waals surface area (Å²) in [6.07, 6.45) is 9.56. The third kappa shape index (κ3) is 3.59. The molecule has 0 amide bonds. The molecule has 0 bridgehead atoms. The zero-order chi connectivity index (χ0) is 13.8. The number of aryl methyl sites for hydroxylation is 3. The van der Waals surface area contributed by atoms with Crippen molar-refractivity contribution in [2.45, 2.75) is 53.4 Å². The van der Waals surface area contributed by atoms with Crippen LogP contribution in [0.2, 0.25) is 0 Å². The van der Waals surface area contributed by atoms with Crippen LogP contribution in [-0.4, -0.2) is 0 Å². The molecule has 0 fully saturated rings. The van der Waals surface area contributed by atoms with E-state index in [0.717, 1.165) is 5.92 Å². The highest BCUT2D eigenvalue weighted by molar-refractivity contribution is 5.32. The van der Waals surface area contributed by atoms with E-state index in [4.69, 9.17) is 0 Å². The van der Waals surface area contributed by atoms with Gasteiger partial charge in [0.15, 0.2) is 0 Å². The summed E-state index contributed by atoms with van der Waals surface area (Å²) in [5.74, 6) is 0.740. The summed E-state index contributed by atoms with van der Waals surface area (Å²) in [6, 6.07) is 6.82. The Kier molecular flexibility index (Phi) is 4.63. The third-order valence-corrected chi connectivity index (χ3v) is 4.36. The van der Waals surface area contributed by atoms with Crippen molar-refractivity contribution in [3.05, 3.63) is 58.2 Å². The van der Waals surface area contributed by atoms with E-state index in [1.54, 1.807) is 11.1 Å². The number of benzene rings is 1. The minimum absolute atomic E-state index is 0.740. The van der Waals surface area contributed by atoms with Gasteiger partial charge in [0.05, 0.1) is 0 Å². The van der Waals surface area contributed by atoms with Crippen LogP contribution in [0.5, 0.6) is 0 Å². The van der Waals surface area contributed by atoms with Crippen molar-refractivity contribution in [2.24, 2.45) is 5.92 Å². The van der Waals surface area contributed by atoms with Gasteiger partial charge in [-0.3, -0.25) is 0 Å². The fourth-order valence-corrected chi connectivity index (χ4v) is 3.05. The highest BCUT2D eigenvalue weighted by Gasteiger charge is 2.13. The average molecular weight is 254 g/mol. The lowest BCUT2D eigenvalue weighted by Gasteiger charge is -2.21. The van der Waals surface area contributed by atoms with Crippen LogP contribution in [0.3, 0.4) is 0 Å². The minimum atomic E-state index is 0.740. The highest BCUT2D eigenvalue weighted by Crippen LogP contribution is 2.29. The number of hydrogen-bond donors (Lipinski definition) is 0. The second kappa shape index (κ2) is 6.23. The first-order valence-electron chi connectivity index (χ1n) is 7.54. The standard InChI is InChI=1S/C19H26/c1-5-18-10-7-17(13-16(18)4)8-11-19-9-6-14(2)12-15(19)3/h6-7,9-10,12,16H,5,8,11,13H2,1-4H3. The molecule has 0 N–H and O–H groups in total. The van der Waals surface area contributed by atoms with Crippen LogP contribution >= 0.6 is 0 Å². The Morgan fingerprint density at radius 3 is 2.53 bits per heavy atom. The summed E-state index contributed by atoms with van der Waals surface area (Å²) < 4.78 is 0. The van der Waals surface area contributed by atoms with Gasteiger partial charge in [0.2, 0.25) is 0 Å². The van der Waals surface area contributed by atoms with E-state index in [2.05, 4.69) is 58.0 Å². The first kappa shape index (κ1) is 14.1. The molecule has 19 heavy (non-hydrogen) atoms. The van der Waals surface area contributed by atoms with Crippen LogP contribution in [0.4, 0.5) is 0 Å². The number of allylic oxidation sites excluding steroid dienone is 4. The molecule has 0 heteroatoms. The molecule has 0 radical (unpaired) electrons. The van der Waals surface area contributed by atoms with E-state index in [0.29, 0.717) is 0 Å². The molecule has 1 unspecified atom stereocenters. The normalized spacial score (nSPS) is 19.1. The van der Waals surface area contributed by atoms with E-state index >= 15 is 0 Å². The third-order valence-electron chi connectivity index (χ3n) is 4.36. The van der Waals surface area contributed by atoms with E-state index < -0.39 is 0 Å². The van der Waals surface area contributed by atoms with E-state index in [1.165, 1.54) is 42.4 Å². The van der Waals surface area contributed by atoms with Crippen molar-refractivity contribution in [2.75, 3.05) is 0 Å². The molecular weight excluding hydrogens is 228 g/mol. The Balaban J connectivity index is 2.00. The zero-order valence-corrected chi connectivity index (χ0v) is 12.8. The van der Waals surface area contributed by atoms with E-state index in [1.807, 2.05) is 0 Å². The molecule has 1 aliphatic carbocycles. The maximum Gasteiger partial charge on any atom is -0.0191 e. The summed E-state index contributed by atoms with van der Waals surface area (Å²) >= 11 is 0. The Morgan fingerprint density at radius 1 is 1.11 bits per heavy atom. The molecule has 1 aliphatic rings. The fourth-order valence-electron chi connectivity index (χ4n) is 3.05. The second-order valence-corrected chi connectivity index (χ2v) is 5.96. The maximum absolute atomic E-state index is 2.36. The van der Waals surface area contributed by atoms with Gasteiger partial charge in [-0.1, -0.05) is 60.9 Å². The van der Waals surface area contributed by atoms with Crippen molar-refractivity contribution < 1.29 is 0 Å². The molecule has 0 spiro atoms. The van der Waals surface area contributed by atoms with Gasteiger partial charge in [0.1, 0.15) is 0 Å². The zero-order valence-electron chi connectivity index (χ0n) is 12.8. The molecule has 0 aliphatic heterocycles. The molecule has 0 nitrogen and oxygen atoms in total. The van der Waals surface area contributed by atoms with Crippen LogP contribution < -0.4 is 0 Å². The van der Waals surface area contributed by atoms with Gasteiger partial charge in [-0.2, -0.15) is 0 Å². The molecule has 2 rings (SSSR count). The van der Waals surface area contributed by atoms with Crippen molar-refractivity contribution in [1.29, 1.82) is 0 Å². The largest absolute Gasteiger partial charge is 0.0693 e. The molecule has 0 saturated carbocycles. The summed E-state index contributed by atoms with van der Waals surface area (Å²) in [7, 11) is 0. The van der Waals surface area contributed by atoms with Crippen LogP contribution in [-0.2, 0) is 6.42 Å². The molecule has 1 aromatic carbocycles. The minimum Gasteiger partial charge on any atom is -0.0693 e. The van der Waals surface area contributed by atoms with Gasteiger partial charge in [0, 0.05) is 0 Å². The lowest BCUT2D eigenvalue weighted by molar-refractivity contribution is 0.620. The average Bonchev–Trinajstić information content (AvgIpc) is 2.38. The first-order chi connectivity index (χ1) is 9.10. The van der Waals surface area contributed by atoms with Crippen molar-refractivity contribution >= 4 is 0 Å². The van der Waals surface area contributed by atoms with Crippen molar-refractivity contribution in [3.8, 4) is 0 Å². The lowest BCUT2D eigenvalue weighted by Crippen LogP contribution is -2.05. The Labute approximate surface area is 118 Å². The van der Waals surface area contributed by atoms with Crippen LogP contribution in [0.15, 0.2) is 41.5 Å². The van der Waals surface area contributed by atoms with Gasteiger partial charge in [-0.15, -0.1) is 0 Å². The van der Waals surface area contributed by atoms with Crippen LogP contribution in [0.25, 0.3) is 0 Å². The summed E-state index contributed by atoms with van der Waals surface area (Å²) in [6.45, 7) is 9.02. The SMILES string of the molecule is CCC1=CC=C(CCc2ccc(C)cc2C)CC1C. The van der Waals surface area contributed by atoms with E-state index in [-0.39, 0.29) is 0 Å². The number of hydrogen-bond acceptors (Lipinski definition) is 0. The van der Waals surface area contributed by atoms with Gasteiger partial charge >= 0.3 is 0 Å². The fraction of sp³-hybridized carbons (Fsp3) is 0.474. The number of rotatable bonds is 4. The van der Waals surface area contributed by atoms with Crippen LogP contribution in [0.1, 0.15) is 49.8 Å². The molecule has 0 saturated heterocycles. The quantitative estimate of drug-likeness (QED) is 0.662. The topological polar surface area (TPSA) is 0 Å². The highest BCUT2D eigenvalue weighted by atomic mass is 14.2. The smallest absolute Gasteiger partial charge is 0.0191 e. The van der Waals surface area contributed by atoms with Gasteiger partial charge in [-0.25, -0.2) is 0 Å².